The van der Waals surface area contributed by atoms with Crippen molar-refractivity contribution in [2.75, 3.05) is 44.7 Å². The molecule has 0 atom stereocenters. The summed E-state index contributed by atoms with van der Waals surface area (Å²) in [6.45, 7) is 11.0. The van der Waals surface area contributed by atoms with Crippen LogP contribution in [0.3, 0.4) is 0 Å². The molecule has 0 saturated carbocycles. The predicted octanol–water partition coefficient (Wildman–Crippen LogP) is 3.62. The van der Waals surface area contributed by atoms with Gasteiger partial charge in [0.25, 0.3) is 0 Å². The van der Waals surface area contributed by atoms with E-state index in [1.807, 2.05) is 32.3 Å². The number of halogens is 1. The van der Waals surface area contributed by atoms with E-state index in [1.165, 1.54) is 19.2 Å². The van der Waals surface area contributed by atoms with E-state index in [4.69, 9.17) is 4.74 Å². The number of carbonyl (C=O) groups excluding carboxylic acids is 2. The number of ketones is 1. The maximum atomic E-state index is 13.2. The third-order valence-corrected chi connectivity index (χ3v) is 5.81. The topological polar surface area (TPSA) is 54.8 Å². The molecule has 0 N–H and O–H groups in total. The van der Waals surface area contributed by atoms with Crippen molar-refractivity contribution in [3.63, 3.8) is 0 Å². The Labute approximate surface area is 177 Å². The molecule has 1 fully saturated rings. The van der Waals surface area contributed by atoms with Crippen molar-refractivity contribution < 1.29 is 18.7 Å². The normalized spacial score (nSPS) is 15.0. The molecule has 0 spiro atoms. The fraction of sp³-hybridized carbons (Fsp3) is 0.478. The van der Waals surface area contributed by atoms with Crippen LogP contribution in [0.2, 0.25) is 0 Å². The van der Waals surface area contributed by atoms with E-state index in [0.717, 1.165) is 43.3 Å². The number of hydrogen-bond donors (Lipinski definition) is 0. The number of methoxy groups -OCH3 is 1. The van der Waals surface area contributed by atoms with Crippen molar-refractivity contribution in [1.29, 1.82) is 0 Å². The van der Waals surface area contributed by atoms with Crippen LogP contribution in [0.4, 0.5) is 10.1 Å². The third kappa shape index (κ3) is 4.26. The minimum absolute atomic E-state index is 0.0642. The van der Waals surface area contributed by atoms with Gasteiger partial charge in [0.05, 0.1) is 24.8 Å². The van der Waals surface area contributed by atoms with Crippen LogP contribution in [0.25, 0.3) is 0 Å². The van der Waals surface area contributed by atoms with E-state index < -0.39 is 5.97 Å². The molecule has 1 aromatic carbocycles. The van der Waals surface area contributed by atoms with Crippen molar-refractivity contribution in [3.05, 3.63) is 52.6 Å². The number of ether oxygens (including phenoxy) is 1. The first-order valence-electron chi connectivity index (χ1n) is 10.3. The molecule has 162 valence electrons. The maximum Gasteiger partial charge on any atom is 0.340 e. The van der Waals surface area contributed by atoms with Gasteiger partial charge in [0.15, 0.2) is 5.78 Å². The Balaban J connectivity index is 1.74. The molecule has 1 aliphatic heterocycles. The summed E-state index contributed by atoms with van der Waals surface area (Å²) in [6.07, 6.45) is 0. The predicted molar refractivity (Wildman–Crippen MR) is 115 cm³/mol. The van der Waals surface area contributed by atoms with Gasteiger partial charge in [-0.15, -0.1) is 0 Å². The smallest absolute Gasteiger partial charge is 0.340 e. The molecule has 1 aliphatic rings. The molecular formula is C23H30FN3O3. The molecule has 0 bridgehead atoms. The summed E-state index contributed by atoms with van der Waals surface area (Å²) in [4.78, 5) is 30.0. The molecule has 7 heteroatoms. The molecule has 1 aromatic heterocycles. The van der Waals surface area contributed by atoms with Crippen LogP contribution in [0, 0.1) is 19.7 Å². The van der Waals surface area contributed by atoms with Crippen LogP contribution in [0.5, 0.6) is 0 Å². The summed E-state index contributed by atoms with van der Waals surface area (Å²) in [5.41, 5.74) is 3.39. The van der Waals surface area contributed by atoms with Gasteiger partial charge in [-0.2, -0.15) is 0 Å². The highest BCUT2D eigenvalue weighted by Crippen LogP contribution is 2.27. The Morgan fingerprint density at radius 3 is 2.10 bits per heavy atom. The highest BCUT2D eigenvalue weighted by Gasteiger charge is 2.30. The Kier molecular flexibility index (Phi) is 6.61. The quantitative estimate of drug-likeness (QED) is 0.533. The molecule has 30 heavy (non-hydrogen) atoms. The lowest BCUT2D eigenvalue weighted by molar-refractivity contribution is 0.0595. The van der Waals surface area contributed by atoms with E-state index in [-0.39, 0.29) is 24.2 Å². The molecule has 1 saturated heterocycles. The number of carbonyl (C=O) groups is 2. The summed E-state index contributed by atoms with van der Waals surface area (Å²) in [5, 5.41) is 0. The number of aromatic nitrogens is 1. The van der Waals surface area contributed by atoms with Gasteiger partial charge in [0.2, 0.25) is 0 Å². The number of hydrogen-bond acceptors (Lipinski definition) is 5. The summed E-state index contributed by atoms with van der Waals surface area (Å²) in [5.74, 6) is -0.784. The van der Waals surface area contributed by atoms with Crippen molar-refractivity contribution in [1.82, 2.24) is 9.47 Å². The lowest BCUT2D eigenvalue weighted by Gasteiger charge is -2.35. The molecular weight excluding hydrogens is 385 g/mol. The van der Waals surface area contributed by atoms with Crippen LogP contribution in [0.1, 0.15) is 52.0 Å². The SMILES string of the molecule is COC(=O)c1c(C(=O)CN2CCN(c3ccc(F)cc3)CC2)c(C)n(C(C)C)c1C. The van der Waals surface area contributed by atoms with Gasteiger partial charge in [-0.25, -0.2) is 9.18 Å². The third-order valence-electron chi connectivity index (χ3n) is 5.81. The lowest BCUT2D eigenvalue weighted by Crippen LogP contribution is -2.48. The Bertz CT molecular complexity index is 926. The van der Waals surface area contributed by atoms with Gasteiger partial charge in [-0.05, 0) is 52.0 Å². The molecule has 2 heterocycles. The van der Waals surface area contributed by atoms with Gasteiger partial charge in [-0.3, -0.25) is 9.69 Å². The van der Waals surface area contributed by atoms with Crippen molar-refractivity contribution in [3.8, 4) is 0 Å². The molecule has 3 rings (SSSR count). The summed E-state index contributed by atoms with van der Waals surface area (Å²) >= 11 is 0. The maximum absolute atomic E-state index is 13.2. The number of anilines is 1. The summed E-state index contributed by atoms with van der Waals surface area (Å²) < 4.78 is 20.1. The first-order valence-corrected chi connectivity index (χ1v) is 10.3. The van der Waals surface area contributed by atoms with Gasteiger partial charge in [-0.1, -0.05) is 0 Å². The van der Waals surface area contributed by atoms with E-state index in [1.54, 1.807) is 12.1 Å². The van der Waals surface area contributed by atoms with Crippen LogP contribution < -0.4 is 4.90 Å². The van der Waals surface area contributed by atoms with Crippen molar-refractivity contribution >= 4 is 17.4 Å². The molecule has 2 aromatic rings. The number of rotatable bonds is 6. The molecule has 6 nitrogen and oxygen atoms in total. The second-order valence-electron chi connectivity index (χ2n) is 8.04. The number of esters is 1. The lowest BCUT2D eigenvalue weighted by atomic mass is 10.0. The Morgan fingerprint density at radius 2 is 1.57 bits per heavy atom. The highest BCUT2D eigenvalue weighted by molar-refractivity contribution is 6.09. The Morgan fingerprint density at radius 1 is 1.00 bits per heavy atom. The first kappa shape index (κ1) is 22.0. The van der Waals surface area contributed by atoms with Gasteiger partial charge < -0.3 is 14.2 Å². The minimum Gasteiger partial charge on any atom is -0.465 e. The summed E-state index contributed by atoms with van der Waals surface area (Å²) in [6, 6.07) is 6.61. The largest absolute Gasteiger partial charge is 0.465 e. The number of benzene rings is 1. The summed E-state index contributed by atoms with van der Waals surface area (Å²) in [7, 11) is 1.34. The molecule has 0 amide bonds. The molecule has 0 aliphatic carbocycles. The monoisotopic (exact) mass is 415 g/mol. The van der Waals surface area contributed by atoms with Gasteiger partial charge >= 0.3 is 5.97 Å². The molecule has 0 unspecified atom stereocenters. The average molecular weight is 416 g/mol. The Hall–Kier alpha value is -2.67. The van der Waals surface area contributed by atoms with E-state index in [9.17, 15) is 14.0 Å². The van der Waals surface area contributed by atoms with Crippen LogP contribution in [-0.2, 0) is 4.74 Å². The van der Waals surface area contributed by atoms with E-state index >= 15 is 0 Å². The van der Waals surface area contributed by atoms with Gasteiger partial charge in [0, 0.05) is 49.3 Å². The van der Waals surface area contributed by atoms with Crippen molar-refractivity contribution in [2.45, 2.75) is 33.7 Å². The van der Waals surface area contributed by atoms with Crippen molar-refractivity contribution in [2.24, 2.45) is 0 Å². The fourth-order valence-electron chi connectivity index (χ4n) is 4.42. The number of piperazine rings is 1. The van der Waals surface area contributed by atoms with E-state index in [0.29, 0.717) is 11.1 Å². The zero-order valence-electron chi connectivity index (χ0n) is 18.4. The minimum atomic E-state index is -0.473. The first-order chi connectivity index (χ1) is 14.2. The average Bonchev–Trinajstić information content (AvgIpc) is 2.99. The number of nitrogens with zero attached hydrogens (tertiary/aromatic N) is 3. The van der Waals surface area contributed by atoms with Crippen LogP contribution in [0.15, 0.2) is 24.3 Å². The second kappa shape index (κ2) is 9.00. The number of Topliss-reactive ketones (excluding diaryl/α,β-unsaturated/α-hetero) is 1. The second-order valence-corrected chi connectivity index (χ2v) is 8.04. The highest BCUT2D eigenvalue weighted by atomic mass is 19.1. The standard InChI is InChI=1S/C23H30FN3O3/c1-15(2)27-16(3)21(22(17(27)4)23(29)30-5)20(28)14-25-10-12-26(13-11-25)19-8-6-18(24)7-9-19/h6-9,15H,10-14H2,1-5H3. The molecule has 0 radical (unpaired) electrons. The van der Waals surface area contributed by atoms with Crippen LogP contribution >= 0.6 is 0 Å². The van der Waals surface area contributed by atoms with E-state index in [2.05, 4.69) is 9.80 Å². The van der Waals surface area contributed by atoms with Gasteiger partial charge in [0.1, 0.15) is 5.82 Å². The zero-order valence-corrected chi connectivity index (χ0v) is 18.4. The van der Waals surface area contributed by atoms with Crippen LogP contribution in [-0.4, -0.2) is 61.1 Å². The fourth-order valence-corrected chi connectivity index (χ4v) is 4.42. The zero-order chi connectivity index (χ0) is 22.0.